The number of benzene rings is 1. The first kappa shape index (κ1) is 15.2. The molecule has 0 unspecified atom stereocenters. The van der Waals surface area contributed by atoms with E-state index in [1.807, 2.05) is 24.3 Å². The minimum Gasteiger partial charge on any atom is -0.394 e. The van der Waals surface area contributed by atoms with Gasteiger partial charge in [0.15, 0.2) is 0 Å². The molecular weight excluding hydrogens is 296 g/mol. The summed E-state index contributed by atoms with van der Waals surface area (Å²) in [5.74, 6) is 0.578. The fourth-order valence-electron chi connectivity index (χ4n) is 2.24. The van der Waals surface area contributed by atoms with E-state index in [0.717, 1.165) is 16.6 Å². The number of anilines is 2. The molecule has 0 aliphatic rings. The van der Waals surface area contributed by atoms with Crippen LogP contribution in [0.2, 0.25) is 0 Å². The van der Waals surface area contributed by atoms with E-state index in [9.17, 15) is 10.2 Å². The summed E-state index contributed by atoms with van der Waals surface area (Å²) in [5.41, 5.74) is 7.33. The third-order valence-electron chi connectivity index (χ3n) is 3.64. The van der Waals surface area contributed by atoms with Crippen LogP contribution in [0.5, 0.6) is 0 Å². The number of hydrogen-bond acceptors (Lipinski definition) is 7. The van der Waals surface area contributed by atoms with Crippen molar-refractivity contribution in [1.82, 2.24) is 20.2 Å². The highest BCUT2D eigenvalue weighted by molar-refractivity contribution is 5.92. The molecule has 0 fully saturated rings. The SMILES string of the molecule is CC(CO)(CO)Nc1nc(N)nc2cc(-c3ccn[nH]3)ccc12. The minimum absolute atomic E-state index is 0.111. The molecule has 8 nitrogen and oxygen atoms in total. The van der Waals surface area contributed by atoms with E-state index in [-0.39, 0.29) is 19.2 Å². The Morgan fingerprint density at radius 3 is 2.65 bits per heavy atom. The molecular formula is C15H18N6O2. The molecule has 3 rings (SSSR count). The van der Waals surface area contributed by atoms with Gasteiger partial charge in [-0.1, -0.05) is 6.07 Å². The predicted molar refractivity (Wildman–Crippen MR) is 87.7 cm³/mol. The van der Waals surface area contributed by atoms with Crippen molar-refractivity contribution in [3.05, 3.63) is 30.5 Å². The van der Waals surface area contributed by atoms with Gasteiger partial charge in [-0.15, -0.1) is 0 Å². The molecule has 0 saturated heterocycles. The van der Waals surface area contributed by atoms with Crippen LogP contribution in [0.4, 0.5) is 11.8 Å². The smallest absolute Gasteiger partial charge is 0.222 e. The summed E-state index contributed by atoms with van der Waals surface area (Å²) in [7, 11) is 0. The zero-order chi connectivity index (χ0) is 16.4. The van der Waals surface area contributed by atoms with Crippen LogP contribution in [0.15, 0.2) is 30.5 Å². The molecule has 2 aromatic heterocycles. The number of hydrogen-bond donors (Lipinski definition) is 5. The van der Waals surface area contributed by atoms with Gasteiger partial charge in [-0.3, -0.25) is 5.10 Å². The van der Waals surface area contributed by atoms with Gasteiger partial charge in [0, 0.05) is 17.1 Å². The van der Waals surface area contributed by atoms with Crippen LogP contribution in [-0.2, 0) is 0 Å². The van der Waals surface area contributed by atoms with E-state index in [2.05, 4.69) is 25.5 Å². The maximum absolute atomic E-state index is 9.45. The number of aliphatic hydroxyl groups is 2. The number of aliphatic hydroxyl groups excluding tert-OH is 2. The number of nitrogen functional groups attached to an aromatic ring is 1. The molecule has 120 valence electrons. The summed E-state index contributed by atoms with van der Waals surface area (Å²) in [5, 5.41) is 29.5. The lowest BCUT2D eigenvalue weighted by molar-refractivity contribution is 0.147. The van der Waals surface area contributed by atoms with E-state index in [1.54, 1.807) is 13.1 Å². The van der Waals surface area contributed by atoms with Crippen LogP contribution in [0.25, 0.3) is 22.2 Å². The molecule has 0 bridgehead atoms. The summed E-state index contributed by atoms with van der Waals surface area (Å²) >= 11 is 0. The van der Waals surface area contributed by atoms with Crippen molar-refractivity contribution in [2.24, 2.45) is 0 Å². The third kappa shape index (κ3) is 2.94. The normalized spacial score (nSPS) is 11.8. The Morgan fingerprint density at radius 2 is 2.00 bits per heavy atom. The van der Waals surface area contributed by atoms with E-state index >= 15 is 0 Å². The first-order valence-corrected chi connectivity index (χ1v) is 7.11. The second-order valence-electron chi connectivity index (χ2n) is 5.63. The molecule has 8 heteroatoms. The Kier molecular flexibility index (Phi) is 3.85. The molecule has 3 aromatic rings. The molecule has 0 amide bonds. The van der Waals surface area contributed by atoms with Crippen LogP contribution in [0.1, 0.15) is 6.92 Å². The van der Waals surface area contributed by atoms with Crippen LogP contribution in [-0.4, -0.2) is 49.1 Å². The lowest BCUT2D eigenvalue weighted by Crippen LogP contribution is -2.42. The molecule has 0 radical (unpaired) electrons. The van der Waals surface area contributed by atoms with Crippen molar-refractivity contribution in [2.75, 3.05) is 24.3 Å². The van der Waals surface area contributed by atoms with E-state index < -0.39 is 5.54 Å². The lowest BCUT2D eigenvalue weighted by atomic mass is 10.0. The second kappa shape index (κ2) is 5.82. The van der Waals surface area contributed by atoms with E-state index in [0.29, 0.717) is 11.3 Å². The van der Waals surface area contributed by atoms with Gasteiger partial charge in [-0.25, -0.2) is 4.98 Å². The fourth-order valence-corrected chi connectivity index (χ4v) is 2.24. The number of nitrogens with zero attached hydrogens (tertiary/aromatic N) is 3. The number of nitrogens with one attached hydrogen (secondary N) is 2. The number of fused-ring (bicyclic) bond motifs is 1. The van der Waals surface area contributed by atoms with Crippen molar-refractivity contribution in [3.8, 4) is 11.3 Å². The molecule has 0 atom stereocenters. The molecule has 0 aliphatic carbocycles. The molecule has 0 spiro atoms. The van der Waals surface area contributed by atoms with Crippen LogP contribution < -0.4 is 11.1 Å². The topological polar surface area (TPSA) is 133 Å². The van der Waals surface area contributed by atoms with Gasteiger partial charge in [-0.2, -0.15) is 10.1 Å². The number of aromatic nitrogens is 4. The van der Waals surface area contributed by atoms with Crippen molar-refractivity contribution in [3.63, 3.8) is 0 Å². The monoisotopic (exact) mass is 314 g/mol. The van der Waals surface area contributed by atoms with Gasteiger partial charge >= 0.3 is 0 Å². The quantitative estimate of drug-likeness (QED) is 0.469. The predicted octanol–water partition coefficient (Wildman–Crippen LogP) is 0.757. The van der Waals surface area contributed by atoms with Gasteiger partial charge in [0.2, 0.25) is 5.95 Å². The molecule has 2 heterocycles. The first-order chi connectivity index (χ1) is 11.0. The molecule has 23 heavy (non-hydrogen) atoms. The highest BCUT2D eigenvalue weighted by atomic mass is 16.3. The molecule has 0 saturated carbocycles. The third-order valence-corrected chi connectivity index (χ3v) is 3.64. The van der Waals surface area contributed by atoms with Gasteiger partial charge in [0.25, 0.3) is 0 Å². The zero-order valence-electron chi connectivity index (χ0n) is 12.6. The molecule has 1 aromatic carbocycles. The number of rotatable bonds is 5. The van der Waals surface area contributed by atoms with Gasteiger partial charge in [0.05, 0.1) is 30.0 Å². The van der Waals surface area contributed by atoms with E-state index in [4.69, 9.17) is 5.73 Å². The van der Waals surface area contributed by atoms with Gasteiger partial charge in [-0.05, 0) is 25.1 Å². The number of nitrogens with two attached hydrogens (primary N) is 1. The summed E-state index contributed by atoms with van der Waals surface area (Å²) in [6, 6.07) is 7.51. The van der Waals surface area contributed by atoms with Crippen molar-refractivity contribution in [2.45, 2.75) is 12.5 Å². The minimum atomic E-state index is -0.907. The zero-order valence-corrected chi connectivity index (χ0v) is 12.6. The van der Waals surface area contributed by atoms with Crippen molar-refractivity contribution >= 4 is 22.7 Å². The van der Waals surface area contributed by atoms with Gasteiger partial charge < -0.3 is 21.3 Å². The Bertz CT molecular complexity index is 814. The van der Waals surface area contributed by atoms with Crippen LogP contribution >= 0.6 is 0 Å². The Morgan fingerprint density at radius 1 is 1.22 bits per heavy atom. The average Bonchev–Trinajstić information content (AvgIpc) is 3.08. The highest BCUT2D eigenvalue weighted by Crippen LogP contribution is 2.28. The second-order valence-corrected chi connectivity index (χ2v) is 5.63. The fraction of sp³-hybridized carbons (Fsp3) is 0.267. The molecule has 6 N–H and O–H groups in total. The summed E-state index contributed by atoms with van der Waals surface area (Å²) in [4.78, 5) is 8.44. The maximum atomic E-state index is 9.45. The number of aromatic amines is 1. The Balaban J connectivity index is 2.09. The summed E-state index contributed by atoms with van der Waals surface area (Å²) in [6.45, 7) is 1.19. The maximum Gasteiger partial charge on any atom is 0.222 e. The average molecular weight is 314 g/mol. The largest absolute Gasteiger partial charge is 0.394 e. The molecule has 0 aliphatic heterocycles. The highest BCUT2D eigenvalue weighted by Gasteiger charge is 2.24. The van der Waals surface area contributed by atoms with Crippen molar-refractivity contribution in [1.29, 1.82) is 0 Å². The van der Waals surface area contributed by atoms with E-state index in [1.165, 1.54) is 0 Å². The first-order valence-electron chi connectivity index (χ1n) is 7.11. The standard InChI is InChI=1S/C15H18N6O2/c1-15(7-22,8-23)20-13-10-3-2-9(11-4-5-17-21-11)6-12(10)18-14(16)19-13/h2-6,22-23H,7-8H2,1H3,(H,17,21)(H3,16,18,19,20). The number of H-pyrrole nitrogens is 1. The van der Waals surface area contributed by atoms with Gasteiger partial charge in [0.1, 0.15) is 5.82 Å². The summed E-state index contributed by atoms with van der Waals surface area (Å²) < 4.78 is 0. The summed E-state index contributed by atoms with van der Waals surface area (Å²) in [6.07, 6.45) is 1.68. The Labute approximate surface area is 132 Å². The van der Waals surface area contributed by atoms with Crippen LogP contribution in [0.3, 0.4) is 0 Å². The lowest BCUT2D eigenvalue weighted by Gasteiger charge is -2.27. The Hall–Kier alpha value is -2.71. The van der Waals surface area contributed by atoms with Crippen LogP contribution in [0, 0.1) is 0 Å². The van der Waals surface area contributed by atoms with Crippen molar-refractivity contribution < 1.29 is 10.2 Å².